The number of hydrogen-bond donors (Lipinski definition) is 1. The van der Waals surface area contributed by atoms with Gasteiger partial charge in [0.05, 0.1) is 46.1 Å². The van der Waals surface area contributed by atoms with E-state index >= 15 is 0 Å². The molecule has 2 aromatic carbocycles. The lowest BCUT2D eigenvalue weighted by atomic mass is 9.97. The molecule has 9 nitrogen and oxygen atoms in total. The fourth-order valence-electron chi connectivity index (χ4n) is 5.85. The molecule has 0 spiro atoms. The Kier molecular flexibility index (Phi) is 7.35. The molecular weight excluding hydrogens is 595 g/mol. The lowest BCUT2D eigenvalue weighted by Gasteiger charge is -2.35. The molecule has 1 N–H and O–H groups in total. The zero-order chi connectivity index (χ0) is 31.5. The van der Waals surface area contributed by atoms with Crippen molar-refractivity contribution in [2.75, 3.05) is 0 Å². The zero-order valence-electron chi connectivity index (χ0n) is 24.4. The Balaban J connectivity index is 1.46. The van der Waals surface area contributed by atoms with Crippen LogP contribution in [0.4, 0.5) is 13.2 Å². The summed E-state index contributed by atoms with van der Waals surface area (Å²) in [5, 5.41) is 14.9. The Morgan fingerprint density at radius 2 is 1.89 bits per heavy atom. The number of aromatic amines is 1. The highest BCUT2D eigenvalue weighted by Gasteiger charge is 2.36. The van der Waals surface area contributed by atoms with E-state index in [1.165, 1.54) is 11.0 Å². The Morgan fingerprint density at radius 3 is 2.52 bits per heavy atom. The van der Waals surface area contributed by atoms with Crippen LogP contribution in [0.15, 0.2) is 53.5 Å². The summed E-state index contributed by atoms with van der Waals surface area (Å²) in [6, 6.07) is 10.2. The molecule has 0 radical (unpaired) electrons. The number of carbonyl (C=O) groups excluding carboxylic acids is 1. The molecule has 5 aromatic rings. The van der Waals surface area contributed by atoms with Gasteiger partial charge in [0, 0.05) is 28.3 Å². The molecule has 0 saturated heterocycles. The molecule has 1 atom stereocenters. The van der Waals surface area contributed by atoms with Gasteiger partial charge in [-0.15, -0.1) is 5.10 Å². The van der Waals surface area contributed by atoms with Gasteiger partial charge in [-0.05, 0) is 62.9 Å². The van der Waals surface area contributed by atoms with Crippen LogP contribution in [-0.4, -0.2) is 46.4 Å². The molecule has 1 amide bonds. The first-order chi connectivity index (χ1) is 20.8. The molecule has 228 valence electrons. The van der Waals surface area contributed by atoms with E-state index in [0.717, 1.165) is 34.6 Å². The Labute approximate surface area is 255 Å². The van der Waals surface area contributed by atoms with Gasteiger partial charge in [0.2, 0.25) is 0 Å². The summed E-state index contributed by atoms with van der Waals surface area (Å²) in [4.78, 5) is 29.4. The predicted octanol–water partition coefficient (Wildman–Crippen LogP) is 6.04. The largest absolute Gasteiger partial charge is 0.417 e. The van der Waals surface area contributed by atoms with E-state index in [4.69, 9.17) is 11.6 Å². The van der Waals surface area contributed by atoms with Crippen molar-refractivity contribution in [2.45, 2.75) is 59.3 Å². The molecule has 0 saturated carbocycles. The summed E-state index contributed by atoms with van der Waals surface area (Å²) < 4.78 is 44.0. The van der Waals surface area contributed by atoms with Crippen molar-refractivity contribution < 1.29 is 18.0 Å². The first-order valence-corrected chi connectivity index (χ1v) is 14.5. The van der Waals surface area contributed by atoms with Gasteiger partial charge in [-0.25, -0.2) is 4.52 Å². The Morgan fingerprint density at radius 1 is 1.16 bits per heavy atom. The highest BCUT2D eigenvalue weighted by Crippen LogP contribution is 2.36. The summed E-state index contributed by atoms with van der Waals surface area (Å²) in [6.07, 6.45) is -2.12. The Hall–Kier alpha value is -4.45. The molecule has 13 heteroatoms. The van der Waals surface area contributed by atoms with E-state index in [9.17, 15) is 22.8 Å². The molecule has 0 bridgehead atoms. The van der Waals surface area contributed by atoms with Crippen molar-refractivity contribution in [2.24, 2.45) is 5.92 Å². The maximum Gasteiger partial charge on any atom is 0.417 e. The molecular formula is C31H29ClF3N7O2. The van der Waals surface area contributed by atoms with Crippen molar-refractivity contribution in [1.82, 2.24) is 34.5 Å². The number of benzene rings is 2. The smallest absolute Gasteiger partial charge is 0.330 e. The second-order valence-corrected chi connectivity index (χ2v) is 12.0. The average molecular weight is 624 g/mol. The zero-order valence-corrected chi connectivity index (χ0v) is 25.2. The summed E-state index contributed by atoms with van der Waals surface area (Å²) in [5.41, 5.74) is 4.09. The number of aryl methyl sites for hydroxylation is 1. The van der Waals surface area contributed by atoms with Crippen LogP contribution in [0.3, 0.4) is 0 Å². The number of rotatable bonds is 5. The number of aromatic nitrogens is 6. The molecule has 0 aliphatic carbocycles. The van der Waals surface area contributed by atoms with E-state index in [-0.39, 0.29) is 30.0 Å². The number of H-pyrrole nitrogens is 1. The van der Waals surface area contributed by atoms with Crippen molar-refractivity contribution >= 4 is 23.2 Å². The van der Waals surface area contributed by atoms with Crippen LogP contribution in [0.2, 0.25) is 5.02 Å². The van der Waals surface area contributed by atoms with E-state index in [1.54, 1.807) is 22.2 Å². The van der Waals surface area contributed by atoms with Crippen LogP contribution < -0.4 is 5.56 Å². The van der Waals surface area contributed by atoms with Gasteiger partial charge in [0.1, 0.15) is 5.65 Å². The van der Waals surface area contributed by atoms with E-state index < -0.39 is 28.7 Å². The predicted molar refractivity (Wildman–Crippen MR) is 159 cm³/mol. The molecule has 1 unspecified atom stereocenters. The van der Waals surface area contributed by atoms with Crippen molar-refractivity contribution in [3.8, 4) is 16.9 Å². The second kappa shape index (κ2) is 10.9. The van der Waals surface area contributed by atoms with Crippen molar-refractivity contribution in [1.29, 1.82) is 0 Å². The molecule has 44 heavy (non-hydrogen) atoms. The van der Waals surface area contributed by atoms with Gasteiger partial charge in [0.15, 0.2) is 0 Å². The minimum Gasteiger partial charge on any atom is -0.330 e. The van der Waals surface area contributed by atoms with Crippen LogP contribution in [-0.2, 0) is 25.6 Å². The standard InChI is InChI=1S/C31H29ClF3N7O2/c1-16(2)11-21-14-36-42-26-15-40(29(43)20-7-10-25(32)24(13-20)31(33,34)35)17(3)12-23(26)30(44)41(28(21)42)22-8-5-19(6-9-22)27-18(4)37-39-38-27/h5-10,13-14,16-17H,11-12,15H2,1-4H3,(H,37,38,39). The molecule has 1 aliphatic heterocycles. The van der Waals surface area contributed by atoms with Gasteiger partial charge in [-0.2, -0.15) is 18.3 Å². The number of hydrogen-bond acceptors (Lipinski definition) is 5. The SMILES string of the molecule is Cc1nn[nH]c1-c1ccc(-n2c(=O)c3c(n4ncc(CC(C)C)c24)CN(C(=O)c2ccc(Cl)c(C(F)(F)F)c2)C(C)C3)cc1. The minimum atomic E-state index is -4.71. The highest BCUT2D eigenvalue weighted by atomic mass is 35.5. The van der Waals surface area contributed by atoms with Crippen LogP contribution in [0, 0.1) is 12.8 Å². The fraction of sp³-hybridized carbons (Fsp3) is 0.323. The second-order valence-electron chi connectivity index (χ2n) is 11.6. The third kappa shape index (κ3) is 5.06. The molecule has 0 fully saturated rings. The van der Waals surface area contributed by atoms with Crippen molar-refractivity contribution in [3.63, 3.8) is 0 Å². The summed E-state index contributed by atoms with van der Waals surface area (Å²) in [6.45, 7) is 7.77. The number of alkyl halides is 3. The van der Waals surface area contributed by atoms with Crippen LogP contribution in [0.5, 0.6) is 0 Å². The number of fused-ring (bicyclic) bond motifs is 3. The third-order valence-electron chi connectivity index (χ3n) is 7.99. The van der Waals surface area contributed by atoms with Crippen LogP contribution in [0.1, 0.15) is 59.2 Å². The quantitative estimate of drug-likeness (QED) is 0.257. The fourth-order valence-corrected chi connectivity index (χ4v) is 6.08. The lowest BCUT2D eigenvalue weighted by Crippen LogP contribution is -2.46. The first-order valence-electron chi connectivity index (χ1n) is 14.1. The maximum atomic E-state index is 14.3. The van der Waals surface area contributed by atoms with Gasteiger partial charge in [0.25, 0.3) is 11.5 Å². The highest BCUT2D eigenvalue weighted by molar-refractivity contribution is 6.31. The lowest BCUT2D eigenvalue weighted by molar-refractivity contribution is -0.137. The van der Waals surface area contributed by atoms with Crippen LogP contribution >= 0.6 is 11.6 Å². The van der Waals surface area contributed by atoms with Crippen molar-refractivity contribution in [3.05, 3.63) is 97.7 Å². The summed E-state index contributed by atoms with van der Waals surface area (Å²) in [5.74, 6) is -0.317. The number of halogens is 4. The number of nitrogens with zero attached hydrogens (tertiary/aromatic N) is 6. The first kappa shape index (κ1) is 29.6. The van der Waals surface area contributed by atoms with Gasteiger partial charge in [-0.3, -0.25) is 19.3 Å². The van der Waals surface area contributed by atoms with Gasteiger partial charge in [-0.1, -0.05) is 42.8 Å². The molecule has 1 aliphatic rings. The van der Waals surface area contributed by atoms with Crippen LogP contribution in [0.25, 0.3) is 22.6 Å². The van der Waals surface area contributed by atoms with E-state index in [0.29, 0.717) is 29.0 Å². The molecule has 3 aromatic heterocycles. The topological polar surface area (TPSA) is 101 Å². The summed E-state index contributed by atoms with van der Waals surface area (Å²) in [7, 11) is 0. The molecule has 6 rings (SSSR count). The normalized spacial score (nSPS) is 15.3. The number of carbonyl (C=O) groups is 1. The number of nitrogens with one attached hydrogen (secondary N) is 1. The monoisotopic (exact) mass is 623 g/mol. The average Bonchev–Trinajstić information content (AvgIpc) is 3.58. The third-order valence-corrected chi connectivity index (χ3v) is 8.32. The minimum absolute atomic E-state index is 0.000269. The number of amides is 1. The van der Waals surface area contributed by atoms with E-state index in [2.05, 4.69) is 34.4 Å². The summed E-state index contributed by atoms with van der Waals surface area (Å²) >= 11 is 5.79. The van der Waals surface area contributed by atoms with Gasteiger partial charge >= 0.3 is 6.18 Å². The Bertz CT molecular complexity index is 1960. The molecule has 4 heterocycles. The van der Waals surface area contributed by atoms with Gasteiger partial charge < -0.3 is 4.90 Å². The maximum absolute atomic E-state index is 14.3. The van der Waals surface area contributed by atoms with E-state index in [1.807, 2.05) is 31.2 Å².